The van der Waals surface area contributed by atoms with E-state index in [2.05, 4.69) is 5.32 Å². The van der Waals surface area contributed by atoms with Gasteiger partial charge in [0.05, 0.1) is 5.56 Å². The van der Waals surface area contributed by atoms with Gasteiger partial charge in [-0.15, -0.1) is 0 Å². The highest BCUT2D eigenvalue weighted by Gasteiger charge is 2.06. The van der Waals surface area contributed by atoms with Gasteiger partial charge in [-0.25, -0.2) is 4.79 Å². The van der Waals surface area contributed by atoms with E-state index in [1.54, 1.807) is 30.3 Å². The third-order valence-electron chi connectivity index (χ3n) is 2.94. The molecule has 1 amide bonds. The number of carbonyl (C=O) groups is 3. The molecular weight excluding hydrogens is 270 g/mol. The first kappa shape index (κ1) is 14.5. The van der Waals surface area contributed by atoms with Crippen LogP contribution in [-0.2, 0) is 6.54 Å². The summed E-state index contributed by atoms with van der Waals surface area (Å²) in [6.07, 6.45) is 0.682. The zero-order valence-electron chi connectivity index (χ0n) is 11.1. The molecule has 0 fully saturated rings. The van der Waals surface area contributed by atoms with Crippen molar-refractivity contribution < 1.29 is 19.5 Å². The van der Waals surface area contributed by atoms with Crippen LogP contribution >= 0.6 is 0 Å². The molecule has 0 aliphatic rings. The van der Waals surface area contributed by atoms with Gasteiger partial charge in [-0.05, 0) is 29.8 Å². The van der Waals surface area contributed by atoms with Crippen LogP contribution in [0.1, 0.15) is 36.6 Å². The van der Waals surface area contributed by atoms with Crippen LogP contribution in [0.15, 0.2) is 48.5 Å². The number of nitrogens with one attached hydrogen (secondary N) is 1. The van der Waals surface area contributed by atoms with Gasteiger partial charge >= 0.3 is 5.97 Å². The quantitative estimate of drug-likeness (QED) is 0.823. The summed E-state index contributed by atoms with van der Waals surface area (Å²) in [6.45, 7) is 0.282. The Balaban J connectivity index is 2.00. The van der Waals surface area contributed by atoms with Crippen molar-refractivity contribution in [2.24, 2.45) is 0 Å². The summed E-state index contributed by atoms with van der Waals surface area (Å²) >= 11 is 0. The van der Waals surface area contributed by atoms with Crippen LogP contribution in [-0.4, -0.2) is 23.3 Å². The highest BCUT2D eigenvalue weighted by atomic mass is 16.4. The minimum absolute atomic E-state index is 0.198. The van der Waals surface area contributed by atoms with E-state index in [1.165, 1.54) is 18.2 Å². The molecule has 2 aromatic rings. The van der Waals surface area contributed by atoms with E-state index < -0.39 is 5.97 Å². The molecule has 0 atom stereocenters. The zero-order valence-corrected chi connectivity index (χ0v) is 11.1. The van der Waals surface area contributed by atoms with Gasteiger partial charge in [0, 0.05) is 17.7 Å². The molecule has 106 valence electrons. The molecular formula is C16H13NO4. The number of amides is 1. The smallest absolute Gasteiger partial charge is 0.335 e. The Labute approximate surface area is 121 Å². The number of carbonyl (C=O) groups excluding carboxylic acids is 2. The molecule has 5 nitrogen and oxygen atoms in total. The maximum atomic E-state index is 11.9. The van der Waals surface area contributed by atoms with Crippen LogP contribution < -0.4 is 5.32 Å². The van der Waals surface area contributed by atoms with Crippen molar-refractivity contribution >= 4 is 18.2 Å². The first-order valence-corrected chi connectivity index (χ1v) is 6.26. The Morgan fingerprint density at radius 1 is 1.05 bits per heavy atom. The van der Waals surface area contributed by atoms with Crippen LogP contribution in [0.2, 0.25) is 0 Å². The Bertz CT molecular complexity index is 677. The Morgan fingerprint density at radius 3 is 2.38 bits per heavy atom. The molecule has 0 aliphatic carbocycles. The van der Waals surface area contributed by atoms with Gasteiger partial charge in [-0.1, -0.05) is 24.3 Å². The maximum absolute atomic E-state index is 11.9. The van der Waals surface area contributed by atoms with Crippen LogP contribution in [0.25, 0.3) is 0 Å². The summed E-state index contributed by atoms with van der Waals surface area (Å²) in [5, 5.41) is 11.5. The molecule has 0 bridgehead atoms. The molecule has 0 aromatic heterocycles. The Hall–Kier alpha value is -2.95. The van der Waals surface area contributed by atoms with Crippen molar-refractivity contribution in [3.8, 4) is 0 Å². The van der Waals surface area contributed by atoms with E-state index in [1.807, 2.05) is 0 Å². The largest absolute Gasteiger partial charge is 0.478 e. The van der Waals surface area contributed by atoms with Crippen molar-refractivity contribution in [2.75, 3.05) is 0 Å². The first-order chi connectivity index (χ1) is 10.1. The number of hydrogen-bond donors (Lipinski definition) is 2. The Kier molecular flexibility index (Phi) is 4.46. The van der Waals surface area contributed by atoms with E-state index >= 15 is 0 Å². The number of rotatable bonds is 5. The molecule has 0 spiro atoms. The summed E-state index contributed by atoms with van der Waals surface area (Å²) < 4.78 is 0. The molecule has 0 saturated heterocycles. The van der Waals surface area contributed by atoms with E-state index in [0.717, 1.165) is 5.56 Å². The normalized spacial score (nSPS) is 9.90. The fraction of sp³-hybridized carbons (Fsp3) is 0.0625. The predicted octanol–water partition coefficient (Wildman–Crippen LogP) is 2.13. The summed E-state index contributed by atoms with van der Waals surface area (Å²) in [5.41, 5.74) is 1.83. The summed E-state index contributed by atoms with van der Waals surface area (Å²) in [4.78, 5) is 33.3. The van der Waals surface area contributed by atoms with Gasteiger partial charge in [0.15, 0.2) is 0 Å². The fourth-order valence-corrected chi connectivity index (χ4v) is 1.80. The van der Waals surface area contributed by atoms with Crippen molar-refractivity contribution in [3.63, 3.8) is 0 Å². The van der Waals surface area contributed by atoms with Gasteiger partial charge in [-0.3, -0.25) is 9.59 Å². The average Bonchev–Trinajstić information content (AvgIpc) is 2.53. The van der Waals surface area contributed by atoms with Crippen molar-refractivity contribution in [1.29, 1.82) is 0 Å². The molecule has 0 aliphatic heterocycles. The third kappa shape index (κ3) is 3.76. The van der Waals surface area contributed by atoms with Crippen LogP contribution in [0.3, 0.4) is 0 Å². The zero-order chi connectivity index (χ0) is 15.2. The van der Waals surface area contributed by atoms with E-state index in [0.29, 0.717) is 17.4 Å². The minimum Gasteiger partial charge on any atom is -0.478 e. The molecule has 0 heterocycles. The molecule has 2 N–H and O–H groups in total. The van der Waals surface area contributed by atoms with Gasteiger partial charge in [-0.2, -0.15) is 0 Å². The molecule has 21 heavy (non-hydrogen) atoms. The van der Waals surface area contributed by atoms with E-state index in [-0.39, 0.29) is 18.0 Å². The molecule has 0 radical (unpaired) electrons. The second kappa shape index (κ2) is 6.47. The van der Waals surface area contributed by atoms with Gasteiger partial charge in [0.25, 0.3) is 5.91 Å². The lowest BCUT2D eigenvalue weighted by molar-refractivity contribution is 0.0696. The van der Waals surface area contributed by atoms with Gasteiger partial charge < -0.3 is 10.4 Å². The topological polar surface area (TPSA) is 83.5 Å². The maximum Gasteiger partial charge on any atom is 0.335 e. The van der Waals surface area contributed by atoms with Crippen molar-refractivity contribution in [2.45, 2.75) is 6.54 Å². The summed E-state index contributed by atoms with van der Waals surface area (Å²) in [7, 11) is 0. The molecule has 5 heteroatoms. The first-order valence-electron chi connectivity index (χ1n) is 6.26. The highest BCUT2D eigenvalue weighted by Crippen LogP contribution is 2.06. The predicted molar refractivity (Wildman–Crippen MR) is 76.4 cm³/mol. The Morgan fingerprint density at radius 2 is 1.76 bits per heavy atom. The van der Waals surface area contributed by atoms with E-state index in [9.17, 15) is 14.4 Å². The number of hydrogen-bond acceptors (Lipinski definition) is 3. The van der Waals surface area contributed by atoms with Crippen LogP contribution in [0.4, 0.5) is 0 Å². The lowest BCUT2D eigenvalue weighted by Gasteiger charge is -2.06. The average molecular weight is 283 g/mol. The SMILES string of the molecule is O=Cc1cccc(C(=O)NCc2ccc(C(=O)O)cc2)c1. The molecule has 2 rings (SSSR count). The number of aromatic carboxylic acids is 1. The van der Waals surface area contributed by atoms with Crippen molar-refractivity contribution in [1.82, 2.24) is 5.32 Å². The summed E-state index contributed by atoms with van der Waals surface area (Å²) in [6, 6.07) is 12.6. The van der Waals surface area contributed by atoms with E-state index in [4.69, 9.17) is 5.11 Å². The third-order valence-corrected chi connectivity index (χ3v) is 2.94. The monoisotopic (exact) mass is 283 g/mol. The second-order valence-corrected chi connectivity index (χ2v) is 4.43. The highest BCUT2D eigenvalue weighted by molar-refractivity contribution is 5.95. The van der Waals surface area contributed by atoms with Crippen LogP contribution in [0, 0.1) is 0 Å². The number of carboxylic acid groups (broad SMARTS) is 1. The van der Waals surface area contributed by atoms with Crippen LogP contribution in [0.5, 0.6) is 0 Å². The lowest BCUT2D eigenvalue weighted by Crippen LogP contribution is -2.22. The standard InChI is InChI=1S/C16H13NO4/c18-10-12-2-1-3-14(8-12)15(19)17-9-11-4-6-13(7-5-11)16(20)21/h1-8,10H,9H2,(H,17,19)(H,20,21). The molecule has 0 unspecified atom stereocenters. The number of carboxylic acids is 1. The summed E-state index contributed by atoms with van der Waals surface area (Å²) in [5.74, 6) is -1.28. The molecule has 0 saturated carbocycles. The number of aldehydes is 1. The fourth-order valence-electron chi connectivity index (χ4n) is 1.80. The number of benzene rings is 2. The lowest BCUT2D eigenvalue weighted by atomic mass is 10.1. The van der Waals surface area contributed by atoms with Gasteiger partial charge in [0.1, 0.15) is 6.29 Å². The minimum atomic E-state index is -0.990. The second-order valence-electron chi connectivity index (χ2n) is 4.43. The van der Waals surface area contributed by atoms with Crippen molar-refractivity contribution in [3.05, 3.63) is 70.8 Å². The van der Waals surface area contributed by atoms with Gasteiger partial charge in [0.2, 0.25) is 0 Å². The molecule has 2 aromatic carbocycles.